The van der Waals surface area contributed by atoms with E-state index < -0.39 is 5.82 Å². The summed E-state index contributed by atoms with van der Waals surface area (Å²) in [6, 6.07) is 11.5. The largest absolute Gasteiger partial charge is 0.338 e. The van der Waals surface area contributed by atoms with Gasteiger partial charge in [0.15, 0.2) is 5.82 Å². The fourth-order valence-electron chi connectivity index (χ4n) is 2.22. The number of aliphatic imine (C=N–C) groups is 1. The summed E-state index contributed by atoms with van der Waals surface area (Å²) in [5, 5.41) is 1.23. The van der Waals surface area contributed by atoms with Crippen LogP contribution in [0.4, 0.5) is 10.2 Å². The van der Waals surface area contributed by atoms with Crippen LogP contribution in [-0.2, 0) is 4.79 Å². The lowest BCUT2D eigenvalue weighted by Gasteiger charge is -2.03. The first-order chi connectivity index (χ1) is 9.70. The molecule has 0 saturated carbocycles. The summed E-state index contributed by atoms with van der Waals surface area (Å²) in [4.78, 5) is 17.1. The second kappa shape index (κ2) is 4.93. The quantitative estimate of drug-likeness (QED) is 0.543. The molecule has 3 rings (SSSR count). The van der Waals surface area contributed by atoms with Crippen LogP contribution in [0, 0.1) is 5.82 Å². The van der Waals surface area contributed by atoms with Crippen molar-refractivity contribution >= 4 is 34.4 Å². The van der Waals surface area contributed by atoms with Gasteiger partial charge in [-0.15, -0.1) is 4.99 Å². The van der Waals surface area contributed by atoms with E-state index in [4.69, 9.17) is 11.6 Å². The second-order valence-electron chi connectivity index (χ2n) is 4.22. The fraction of sp³-hybridized carbons (Fsp3) is 0. The number of halogens is 2. The van der Waals surface area contributed by atoms with E-state index in [1.807, 2.05) is 0 Å². The van der Waals surface area contributed by atoms with Crippen molar-refractivity contribution in [3.8, 4) is 11.1 Å². The highest BCUT2D eigenvalue weighted by atomic mass is 35.5. The summed E-state index contributed by atoms with van der Waals surface area (Å²) in [7, 11) is 0. The molecule has 0 unspecified atom stereocenters. The summed E-state index contributed by atoms with van der Waals surface area (Å²) in [5.41, 5.74) is 1.58. The number of H-pyrrole nitrogens is 1. The number of rotatable bonds is 2. The molecule has 1 heterocycles. The first-order valence-electron chi connectivity index (χ1n) is 5.84. The Bertz CT molecular complexity index is 850. The molecule has 3 aromatic rings. The van der Waals surface area contributed by atoms with Crippen molar-refractivity contribution in [1.82, 2.24) is 4.98 Å². The molecule has 3 nitrogen and oxygen atoms in total. The van der Waals surface area contributed by atoms with Crippen LogP contribution in [0.15, 0.2) is 47.5 Å². The van der Waals surface area contributed by atoms with E-state index in [1.54, 1.807) is 36.4 Å². The third-order valence-corrected chi connectivity index (χ3v) is 3.28. The van der Waals surface area contributed by atoms with Crippen molar-refractivity contribution in [3.05, 3.63) is 53.3 Å². The van der Waals surface area contributed by atoms with Gasteiger partial charge >= 0.3 is 0 Å². The van der Waals surface area contributed by atoms with Crippen LogP contribution in [0.3, 0.4) is 0 Å². The van der Waals surface area contributed by atoms with Gasteiger partial charge in [0, 0.05) is 27.1 Å². The first kappa shape index (κ1) is 12.6. The molecule has 1 N–H and O–H groups in total. The molecule has 2 aromatic carbocycles. The van der Waals surface area contributed by atoms with Crippen LogP contribution in [0.25, 0.3) is 22.0 Å². The van der Waals surface area contributed by atoms with E-state index in [1.165, 1.54) is 12.1 Å². The molecule has 0 aliphatic heterocycles. The average Bonchev–Trinajstić information content (AvgIpc) is 2.77. The van der Waals surface area contributed by atoms with Gasteiger partial charge in [-0.05, 0) is 24.3 Å². The molecule has 0 spiro atoms. The number of hydrogen-bond donors (Lipinski definition) is 1. The summed E-state index contributed by atoms with van der Waals surface area (Å²) < 4.78 is 14.0. The van der Waals surface area contributed by atoms with Gasteiger partial charge in [-0.3, -0.25) is 0 Å². The molecule has 0 fully saturated rings. The van der Waals surface area contributed by atoms with Crippen molar-refractivity contribution in [2.45, 2.75) is 0 Å². The van der Waals surface area contributed by atoms with Crippen LogP contribution in [-0.4, -0.2) is 11.1 Å². The zero-order valence-corrected chi connectivity index (χ0v) is 10.9. The Morgan fingerprint density at radius 2 is 2.00 bits per heavy atom. The maximum atomic E-state index is 14.0. The monoisotopic (exact) mass is 286 g/mol. The van der Waals surface area contributed by atoms with Crippen molar-refractivity contribution in [2.75, 3.05) is 0 Å². The van der Waals surface area contributed by atoms with E-state index in [-0.39, 0.29) is 5.82 Å². The van der Waals surface area contributed by atoms with Gasteiger partial charge in [0.1, 0.15) is 5.82 Å². The van der Waals surface area contributed by atoms with Gasteiger partial charge in [0.25, 0.3) is 0 Å². The highest BCUT2D eigenvalue weighted by molar-refractivity contribution is 6.31. The molecule has 0 saturated heterocycles. The third-order valence-electron chi connectivity index (χ3n) is 3.04. The van der Waals surface area contributed by atoms with Crippen LogP contribution in [0.5, 0.6) is 0 Å². The fourth-order valence-corrected chi connectivity index (χ4v) is 2.39. The standard InChI is InChI=1S/C15H8ClFN2O/c16-9-5-6-13-11(7-9)14(15(19-13)18-8-20)10-3-1-2-4-12(10)17/h1-7,19H. The minimum Gasteiger partial charge on any atom is -0.338 e. The Morgan fingerprint density at radius 3 is 2.75 bits per heavy atom. The summed E-state index contributed by atoms with van der Waals surface area (Å²) >= 11 is 5.99. The molecule has 0 atom stereocenters. The van der Waals surface area contributed by atoms with Crippen LogP contribution in [0.1, 0.15) is 0 Å². The zero-order valence-electron chi connectivity index (χ0n) is 10.2. The molecule has 0 aliphatic rings. The van der Waals surface area contributed by atoms with Crippen LogP contribution in [0.2, 0.25) is 5.02 Å². The van der Waals surface area contributed by atoms with Crippen molar-refractivity contribution in [1.29, 1.82) is 0 Å². The van der Waals surface area contributed by atoms with Crippen molar-refractivity contribution in [2.24, 2.45) is 4.99 Å². The number of hydrogen-bond acceptors (Lipinski definition) is 2. The number of benzene rings is 2. The summed E-state index contributed by atoms with van der Waals surface area (Å²) in [5.74, 6) is -0.127. The second-order valence-corrected chi connectivity index (χ2v) is 4.66. The predicted octanol–water partition coefficient (Wildman–Crippen LogP) is 4.59. The number of aromatic nitrogens is 1. The minimum atomic E-state index is -0.393. The summed E-state index contributed by atoms with van der Waals surface area (Å²) in [6.07, 6.45) is 1.48. The van der Waals surface area contributed by atoms with Gasteiger partial charge in [-0.25, -0.2) is 9.18 Å². The predicted molar refractivity (Wildman–Crippen MR) is 76.5 cm³/mol. The molecular weight excluding hydrogens is 279 g/mol. The Hall–Kier alpha value is -2.42. The number of fused-ring (bicyclic) bond motifs is 1. The van der Waals surface area contributed by atoms with E-state index in [0.717, 1.165) is 5.52 Å². The topological polar surface area (TPSA) is 45.2 Å². The van der Waals surface area contributed by atoms with Crippen molar-refractivity contribution < 1.29 is 9.18 Å². The van der Waals surface area contributed by atoms with E-state index >= 15 is 0 Å². The van der Waals surface area contributed by atoms with E-state index in [9.17, 15) is 9.18 Å². The van der Waals surface area contributed by atoms with Crippen LogP contribution >= 0.6 is 11.6 Å². The van der Waals surface area contributed by atoms with Gasteiger partial charge in [0.2, 0.25) is 6.08 Å². The molecule has 1 aromatic heterocycles. The Kier molecular flexibility index (Phi) is 3.11. The van der Waals surface area contributed by atoms with Crippen LogP contribution < -0.4 is 0 Å². The lowest BCUT2D eigenvalue weighted by Crippen LogP contribution is -1.82. The number of aromatic amines is 1. The molecule has 0 bridgehead atoms. The molecule has 0 aliphatic carbocycles. The summed E-state index contributed by atoms with van der Waals surface area (Å²) in [6.45, 7) is 0. The van der Waals surface area contributed by atoms with Gasteiger partial charge in [-0.1, -0.05) is 29.8 Å². The smallest absolute Gasteiger partial charge is 0.242 e. The van der Waals surface area contributed by atoms with Gasteiger partial charge < -0.3 is 4.98 Å². The number of isocyanates is 1. The van der Waals surface area contributed by atoms with Gasteiger partial charge in [0.05, 0.1) is 0 Å². The Morgan fingerprint density at radius 1 is 1.20 bits per heavy atom. The lowest BCUT2D eigenvalue weighted by molar-refractivity contribution is 0.565. The van der Waals surface area contributed by atoms with E-state index in [0.29, 0.717) is 21.5 Å². The Balaban J connectivity index is 2.43. The van der Waals surface area contributed by atoms with Crippen molar-refractivity contribution in [3.63, 3.8) is 0 Å². The van der Waals surface area contributed by atoms with Gasteiger partial charge in [-0.2, -0.15) is 0 Å². The number of nitrogens with one attached hydrogen (secondary N) is 1. The lowest BCUT2D eigenvalue weighted by atomic mass is 10.0. The van der Waals surface area contributed by atoms with E-state index in [2.05, 4.69) is 9.98 Å². The first-order valence-corrected chi connectivity index (χ1v) is 6.22. The highest BCUT2D eigenvalue weighted by Gasteiger charge is 2.16. The Labute approximate surface area is 118 Å². The molecule has 98 valence electrons. The maximum absolute atomic E-state index is 14.0. The molecule has 5 heteroatoms. The number of nitrogens with zero attached hydrogens (tertiary/aromatic N) is 1. The normalized spacial score (nSPS) is 10.5. The molecule has 0 amide bonds. The zero-order chi connectivity index (χ0) is 14.1. The SMILES string of the molecule is O=C=Nc1[nH]c2ccc(Cl)cc2c1-c1ccccc1F. The minimum absolute atomic E-state index is 0.266. The third kappa shape index (κ3) is 2.01. The number of carbonyl (C=O) groups excluding carboxylic acids is 1. The average molecular weight is 287 g/mol. The highest BCUT2D eigenvalue weighted by Crippen LogP contribution is 2.39. The molecular formula is C15H8ClFN2O. The maximum Gasteiger partial charge on any atom is 0.242 e. The molecule has 0 radical (unpaired) electrons. The molecule has 20 heavy (non-hydrogen) atoms.